The fourth-order valence-corrected chi connectivity index (χ4v) is 3.63. The molecule has 1 heterocycles. The number of nitrogens with two attached hydrogens (primary N) is 1. The zero-order valence-electron chi connectivity index (χ0n) is 11.8. The van der Waals surface area contributed by atoms with E-state index in [9.17, 15) is 13.2 Å². The molecule has 2 rings (SSSR count). The number of halogens is 3. The van der Waals surface area contributed by atoms with Gasteiger partial charge in [0.05, 0.1) is 5.92 Å². The van der Waals surface area contributed by atoms with Crippen molar-refractivity contribution in [2.45, 2.75) is 57.2 Å². The van der Waals surface area contributed by atoms with E-state index in [4.69, 9.17) is 10.6 Å². The molecule has 0 aromatic heterocycles. The Hall–Kier alpha value is -0.330. The number of hydrogen-bond acceptors (Lipinski definition) is 3. The van der Waals surface area contributed by atoms with E-state index >= 15 is 0 Å². The summed E-state index contributed by atoms with van der Waals surface area (Å²) in [6, 6.07) is 0.00301. The first-order valence-electron chi connectivity index (χ1n) is 7.61. The fourth-order valence-electron chi connectivity index (χ4n) is 3.63. The molecule has 6 heteroatoms. The minimum atomic E-state index is -4.06. The van der Waals surface area contributed by atoms with Gasteiger partial charge in [-0.05, 0) is 50.4 Å². The standard InChI is InChI=1S/C14H25F3N2O/c15-14(16,17)12-3-1-2-11(9-12)13(19-18)8-10-4-6-20-7-5-10/h10-13,19H,1-9,18H2. The van der Waals surface area contributed by atoms with Crippen LogP contribution in [0.2, 0.25) is 0 Å². The van der Waals surface area contributed by atoms with Crippen molar-refractivity contribution in [1.82, 2.24) is 5.43 Å². The zero-order chi connectivity index (χ0) is 14.6. The Kier molecular flexibility index (Phi) is 5.69. The van der Waals surface area contributed by atoms with Crippen molar-refractivity contribution in [1.29, 1.82) is 0 Å². The highest BCUT2D eigenvalue weighted by molar-refractivity contribution is 4.85. The van der Waals surface area contributed by atoms with Crippen LogP contribution in [-0.2, 0) is 4.74 Å². The van der Waals surface area contributed by atoms with Crippen LogP contribution in [0.1, 0.15) is 44.9 Å². The van der Waals surface area contributed by atoms with Gasteiger partial charge < -0.3 is 4.74 Å². The maximum atomic E-state index is 12.9. The second-order valence-corrected chi connectivity index (χ2v) is 6.23. The van der Waals surface area contributed by atoms with E-state index in [1.54, 1.807) is 0 Å². The van der Waals surface area contributed by atoms with Crippen LogP contribution in [0.25, 0.3) is 0 Å². The van der Waals surface area contributed by atoms with Gasteiger partial charge in [0.15, 0.2) is 0 Å². The Labute approximate surface area is 118 Å². The molecule has 1 aliphatic heterocycles. The van der Waals surface area contributed by atoms with Gasteiger partial charge in [0.1, 0.15) is 0 Å². The molecule has 3 atom stereocenters. The predicted octanol–water partition coefficient (Wildman–Crippen LogP) is 3.00. The predicted molar refractivity (Wildman–Crippen MR) is 70.8 cm³/mol. The summed E-state index contributed by atoms with van der Waals surface area (Å²) in [7, 11) is 0. The van der Waals surface area contributed by atoms with E-state index < -0.39 is 12.1 Å². The van der Waals surface area contributed by atoms with Crippen molar-refractivity contribution in [3.05, 3.63) is 0 Å². The Morgan fingerprint density at radius 1 is 1.15 bits per heavy atom. The summed E-state index contributed by atoms with van der Waals surface area (Å²) < 4.78 is 43.9. The van der Waals surface area contributed by atoms with Crippen LogP contribution < -0.4 is 11.3 Å². The number of hydrogen-bond donors (Lipinski definition) is 2. The molecule has 3 N–H and O–H groups in total. The van der Waals surface area contributed by atoms with E-state index in [2.05, 4.69) is 5.43 Å². The van der Waals surface area contributed by atoms with Crippen molar-refractivity contribution < 1.29 is 17.9 Å². The molecule has 0 amide bonds. The van der Waals surface area contributed by atoms with Gasteiger partial charge in [0.25, 0.3) is 0 Å². The van der Waals surface area contributed by atoms with Gasteiger partial charge in [-0.2, -0.15) is 13.2 Å². The molecular weight excluding hydrogens is 269 g/mol. The Morgan fingerprint density at radius 3 is 2.45 bits per heavy atom. The first-order valence-corrected chi connectivity index (χ1v) is 7.61. The lowest BCUT2D eigenvalue weighted by molar-refractivity contribution is -0.186. The highest BCUT2D eigenvalue weighted by Crippen LogP contribution is 2.41. The third-order valence-corrected chi connectivity index (χ3v) is 4.89. The van der Waals surface area contributed by atoms with Crippen LogP contribution in [0, 0.1) is 17.8 Å². The fraction of sp³-hybridized carbons (Fsp3) is 1.00. The van der Waals surface area contributed by atoms with Gasteiger partial charge in [0, 0.05) is 19.3 Å². The molecule has 1 saturated carbocycles. The van der Waals surface area contributed by atoms with E-state index in [1.165, 1.54) is 0 Å². The zero-order valence-corrected chi connectivity index (χ0v) is 11.8. The Bertz CT molecular complexity index is 293. The minimum Gasteiger partial charge on any atom is -0.381 e. The highest BCUT2D eigenvalue weighted by atomic mass is 19.4. The molecule has 2 fully saturated rings. The van der Waals surface area contributed by atoms with E-state index in [0.717, 1.165) is 38.9 Å². The van der Waals surface area contributed by atoms with Gasteiger partial charge in [-0.3, -0.25) is 11.3 Å². The van der Waals surface area contributed by atoms with Gasteiger partial charge in [0.2, 0.25) is 0 Å². The summed E-state index contributed by atoms with van der Waals surface area (Å²) in [5.74, 6) is 5.04. The molecule has 1 saturated heterocycles. The molecule has 20 heavy (non-hydrogen) atoms. The van der Waals surface area contributed by atoms with Crippen molar-refractivity contribution >= 4 is 0 Å². The molecule has 0 aromatic rings. The number of ether oxygens (including phenoxy) is 1. The summed E-state index contributed by atoms with van der Waals surface area (Å²) in [6.45, 7) is 1.52. The second kappa shape index (κ2) is 7.09. The molecule has 0 radical (unpaired) electrons. The molecular formula is C14H25F3N2O. The average Bonchev–Trinajstić information content (AvgIpc) is 2.45. The number of hydrazine groups is 1. The minimum absolute atomic E-state index is 0.00301. The maximum absolute atomic E-state index is 12.9. The van der Waals surface area contributed by atoms with Crippen LogP contribution in [0.4, 0.5) is 13.2 Å². The normalized spacial score (nSPS) is 31.2. The molecule has 118 valence electrons. The first kappa shape index (κ1) is 16.0. The van der Waals surface area contributed by atoms with Crippen molar-refractivity contribution in [3.63, 3.8) is 0 Å². The lowest BCUT2D eigenvalue weighted by Gasteiger charge is -2.37. The highest BCUT2D eigenvalue weighted by Gasteiger charge is 2.43. The van der Waals surface area contributed by atoms with Crippen molar-refractivity contribution in [2.24, 2.45) is 23.6 Å². The second-order valence-electron chi connectivity index (χ2n) is 6.23. The Balaban J connectivity index is 1.89. The Morgan fingerprint density at radius 2 is 1.85 bits per heavy atom. The van der Waals surface area contributed by atoms with Crippen LogP contribution in [-0.4, -0.2) is 25.4 Å². The SMILES string of the molecule is NNC(CC1CCOCC1)C1CCCC(C(F)(F)F)C1. The van der Waals surface area contributed by atoms with Gasteiger partial charge in [-0.15, -0.1) is 0 Å². The molecule has 0 aromatic carbocycles. The summed E-state index contributed by atoms with van der Waals surface area (Å²) >= 11 is 0. The van der Waals surface area contributed by atoms with Crippen molar-refractivity contribution in [3.8, 4) is 0 Å². The van der Waals surface area contributed by atoms with Gasteiger partial charge in [-0.1, -0.05) is 6.42 Å². The first-order chi connectivity index (χ1) is 9.50. The van der Waals surface area contributed by atoms with Crippen LogP contribution in [0.15, 0.2) is 0 Å². The third kappa shape index (κ3) is 4.33. The van der Waals surface area contributed by atoms with Crippen LogP contribution in [0.3, 0.4) is 0 Å². The maximum Gasteiger partial charge on any atom is 0.391 e. The topological polar surface area (TPSA) is 47.3 Å². The van der Waals surface area contributed by atoms with Crippen LogP contribution >= 0.6 is 0 Å². The quantitative estimate of drug-likeness (QED) is 0.619. The summed E-state index contributed by atoms with van der Waals surface area (Å²) in [5.41, 5.74) is 2.78. The molecule has 3 nitrogen and oxygen atoms in total. The monoisotopic (exact) mass is 294 g/mol. The van der Waals surface area contributed by atoms with Crippen molar-refractivity contribution in [2.75, 3.05) is 13.2 Å². The summed E-state index contributed by atoms with van der Waals surface area (Å²) in [4.78, 5) is 0. The van der Waals surface area contributed by atoms with E-state index in [0.29, 0.717) is 12.3 Å². The van der Waals surface area contributed by atoms with Crippen LogP contribution in [0.5, 0.6) is 0 Å². The number of nitrogens with one attached hydrogen (secondary N) is 1. The molecule has 3 unspecified atom stereocenters. The number of rotatable bonds is 4. The molecule has 1 aliphatic carbocycles. The van der Waals surface area contributed by atoms with Gasteiger partial charge >= 0.3 is 6.18 Å². The van der Waals surface area contributed by atoms with E-state index in [-0.39, 0.29) is 24.8 Å². The third-order valence-electron chi connectivity index (χ3n) is 4.89. The van der Waals surface area contributed by atoms with E-state index in [1.807, 2.05) is 0 Å². The summed E-state index contributed by atoms with van der Waals surface area (Å²) in [6.07, 6.45) is 0.800. The van der Waals surface area contributed by atoms with Gasteiger partial charge in [-0.25, -0.2) is 0 Å². The summed E-state index contributed by atoms with van der Waals surface area (Å²) in [5, 5.41) is 0. The largest absolute Gasteiger partial charge is 0.391 e. The molecule has 0 spiro atoms. The molecule has 2 aliphatic rings. The average molecular weight is 294 g/mol. The lowest BCUT2D eigenvalue weighted by Crippen LogP contribution is -2.45. The molecule has 0 bridgehead atoms. The smallest absolute Gasteiger partial charge is 0.381 e. The number of alkyl halides is 3. The lowest BCUT2D eigenvalue weighted by atomic mass is 9.75.